The van der Waals surface area contributed by atoms with Crippen LogP contribution in [0.15, 0.2) is 35.4 Å². The lowest BCUT2D eigenvalue weighted by Gasteiger charge is -2.16. The Bertz CT molecular complexity index is 494. The molecule has 0 aliphatic carbocycles. The zero-order valence-corrected chi connectivity index (χ0v) is 9.48. The number of allylic oxidation sites excluding steroid dienone is 1. The maximum atomic E-state index is 13.3. The number of hydrogen-bond donors (Lipinski definition) is 1. The third kappa shape index (κ3) is 2.78. The molecule has 1 atom stereocenters. The van der Waals surface area contributed by atoms with Crippen molar-refractivity contribution in [2.45, 2.75) is 13.3 Å². The number of nitrogens with one attached hydrogen (secondary N) is 1. The molecule has 1 N–H and O–H groups in total. The van der Waals surface area contributed by atoms with Crippen LogP contribution in [0.4, 0.5) is 4.39 Å². The van der Waals surface area contributed by atoms with Gasteiger partial charge in [-0.15, -0.1) is 0 Å². The quantitative estimate of drug-likeness (QED) is 0.835. The predicted molar refractivity (Wildman–Crippen MR) is 64.8 cm³/mol. The Morgan fingerprint density at radius 3 is 2.88 bits per heavy atom. The number of rotatable bonds is 2. The highest BCUT2D eigenvalue weighted by Crippen LogP contribution is 2.13. The van der Waals surface area contributed by atoms with E-state index in [1.807, 2.05) is 6.92 Å². The van der Waals surface area contributed by atoms with E-state index in [4.69, 9.17) is 0 Å². The predicted octanol–water partition coefficient (Wildman–Crippen LogP) is 2.35. The monoisotopic (exact) mass is 232 g/mol. The van der Waals surface area contributed by atoms with Gasteiger partial charge in [-0.1, -0.05) is 31.2 Å². The minimum atomic E-state index is -0.267. The zero-order valence-electron chi connectivity index (χ0n) is 9.48. The van der Waals surface area contributed by atoms with Crippen LogP contribution in [-0.4, -0.2) is 11.6 Å². The first-order valence-electron chi connectivity index (χ1n) is 5.46. The summed E-state index contributed by atoms with van der Waals surface area (Å²) in [6, 6.07) is 6.52. The highest BCUT2D eigenvalue weighted by Gasteiger charge is 2.17. The summed E-state index contributed by atoms with van der Waals surface area (Å²) in [7, 11) is 0. The number of hydrazone groups is 1. The van der Waals surface area contributed by atoms with Gasteiger partial charge < -0.3 is 0 Å². The number of halogens is 1. The number of amides is 1. The largest absolute Gasteiger partial charge is 0.273 e. The fraction of sp³-hybridized carbons (Fsp3) is 0.231. The molecular weight excluding hydrogens is 219 g/mol. The van der Waals surface area contributed by atoms with Crippen LogP contribution in [0.5, 0.6) is 0 Å². The van der Waals surface area contributed by atoms with Gasteiger partial charge in [-0.2, -0.15) is 5.10 Å². The topological polar surface area (TPSA) is 41.5 Å². The number of nitrogens with zero attached hydrogens (tertiary/aromatic N) is 1. The standard InChI is InChI=1S/C13H13FN2O/c1-9-8-13(17)16-15-12(9)7-6-10-4-2-3-5-11(10)14/h2-7,9H,8H2,1H3,(H,16,17). The SMILES string of the molecule is CC1CC(=O)NN=C1C=Cc1ccccc1F. The maximum Gasteiger partial charge on any atom is 0.240 e. The van der Waals surface area contributed by atoms with Crippen LogP contribution in [0, 0.1) is 11.7 Å². The van der Waals surface area contributed by atoms with Gasteiger partial charge >= 0.3 is 0 Å². The van der Waals surface area contributed by atoms with Crippen LogP contribution in [0.3, 0.4) is 0 Å². The van der Waals surface area contributed by atoms with Crippen LogP contribution in [-0.2, 0) is 4.79 Å². The van der Waals surface area contributed by atoms with Crippen LogP contribution < -0.4 is 5.43 Å². The minimum Gasteiger partial charge on any atom is -0.273 e. The molecule has 1 unspecified atom stereocenters. The van der Waals surface area contributed by atoms with E-state index >= 15 is 0 Å². The van der Waals surface area contributed by atoms with Crippen molar-refractivity contribution in [3.8, 4) is 0 Å². The van der Waals surface area contributed by atoms with E-state index in [2.05, 4.69) is 10.5 Å². The van der Waals surface area contributed by atoms with Gasteiger partial charge in [-0.25, -0.2) is 9.82 Å². The van der Waals surface area contributed by atoms with E-state index in [0.717, 1.165) is 5.71 Å². The Balaban J connectivity index is 2.16. The molecule has 1 aliphatic heterocycles. The van der Waals surface area contributed by atoms with E-state index in [9.17, 15) is 9.18 Å². The van der Waals surface area contributed by atoms with Crippen LogP contribution >= 0.6 is 0 Å². The summed E-state index contributed by atoms with van der Waals surface area (Å²) in [6.07, 6.45) is 3.82. The van der Waals surface area contributed by atoms with Gasteiger partial charge in [0.15, 0.2) is 0 Å². The molecule has 4 heteroatoms. The molecule has 17 heavy (non-hydrogen) atoms. The van der Waals surface area contributed by atoms with E-state index < -0.39 is 0 Å². The Hall–Kier alpha value is -1.97. The second-order valence-electron chi connectivity index (χ2n) is 4.03. The molecule has 1 amide bonds. The fourth-order valence-electron chi connectivity index (χ4n) is 1.65. The summed E-state index contributed by atoms with van der Waals surface area (Å²) >= 11 is 0. The van der Waals surface area contributed by atoms with Gasteiger partial charge in [0, 0.05) is 17.9 Å². The lowest BCUT2D eigenvalue weighted by molar-refractivity contribution is -0.121. The number of benzene rings is 1. The molecule has 0 bridgehead atoms. The Labute approximate surface area is 99.0 Å². The maximum absolute atomic E-state index is 13.3. The summed E-state index contributed by atoms with van der Waals surface area (Å²) in [5.41, 5.74) is 3.69. The summed E-state index contributed by atoms with van der Waals surface area (Å²) in [6.45, 7) is 1.92. The molecule has 2 rings (SSSR count). The summed E-state index contributed by atoms with van der Waals surface area (Å²) in [5.74, 6) is -0.288. The molecule has 0 spiro atoms. The first-order valence-corrected chi connectivity index (χ1v) is 5.46. The first kappa shape index (κ1) is 11.5. The van der Waals surface area contributed by atoms with Crippen molar-refractivity contribution in [2.24, 2.45) is 11.0 Å². The Morgan fingerprint density at radius 2 is 2.18 bits per heavy atom. The second-order valence-corrected chi connectivity index (χ2v) is 4.03. The molecule has 3 nitrogen and oxygen atoms in total. The Kier molecular flexibility index (Phi) is 3.32. The van der Waals surface area contributed by atoms with Gasteiger partial charge in [-0.05, 0) is 12.1 Å². The average molecular weight is 232 g/mol. The zero-order chi connectivity index (χ0) is 12.3. The molecule has 1 heterocycles. The van der Waals surface area contributed by atoms with E-state index in [-0.39, 0.29) is 17.6 Å². The smallest absolute Gasteiger partial charge is 0.240 e. The average Bonchev–Trinajstić information content (AvgIpc) is 2.30. The number of carbonyl (C=O) groups is 1. The van der Waals surface area contributed by atoms with Crippen molar-refractivity contribution in [3.63, 3.8) is 0 Å². The lowest BCUT2D eigenvalue weighted by atomic mass is 9.99. The second kappa shape index (κ2) is 4.91. The van der Waals surface area contributed by atoms with Crippen molar-refractivity contribution >= 4 is 17.7 Å². The van der Waals surface area contributed by atoms with Crippen LogP contribution in [0.1, 0.15) is 18.9 Å². The minimum absolute atomic E-state index is 0.0618. The van der Waals surface area contributed by atoms with E-state index in [0.29, 0.717) is 12.0 Å². The Morgan fingerprint density at radius 1 is 1.41 bits per heavy atom. The van der Waals surface area contributed by atoms with Crippen molar-refractivity contribution in [2.75, 3.05) is 0 Å². The first-order chi connectivity index (χ1) is 8.16. The third-order valence-electron chi connectivity index (χ3n) is 2.65. The van der Waals surface area contributed by atoms with Crippen molar-refractivity contribution < 1.29 is 9.18 Å². The summed E-state index contributed by atoms with van der Waals surface area (Å²) in [5, 5.41) is 3.94. The molecule has 0 saturated carbocycles. The van der Waals surface area contributed by atoms with Gasteiger partial charge in [-0.3, -0.25) is 4.79 Å². The number of hydrogen-bond acceptors (Lipinski definition) is 2. The summed E-state index contributed by atoms with van der Waals surface area (Å²) in [4.78, 5) is 11.0. The van der Waals surface area contributed by atoms with Crippen LogP contribution in [0.2, 0.25) is 0 Å². The highest BCUT2D eigenvalue weighted by atomic mass is 19.1. The molecule has 0 radical (unpaired) electrons. The van der Waals surface area contributed by atoms with Gasteiger partial charge in [0.1, 0.15) is 5.82 Å². The van der Waals surface area contributed by atoms with Crippen molar-refractivity contribution in [1.82, 2.24) is 5.43 Å². The molecule has 88 valence electrons. The molecule has 0 fully saturated rings. The van der Waals surface area contributed by atoms with E-state index in [1.165, 1.54) is 6.07 Å². The molecular formula is C13H13FN2O. The summed E-state index contributed by atoms with van der Waals surface area (Å²) < 4.78 is 13.3. The molecule has 0 saturated heterocycles. The third-order valence-corrected chi connectivity index (χ3v) is 2.65. The van der Waals surface area contributed by atoms with Gasteiger partial charge in [0.05, 0.1) is 5.71 Å². The molecule has 1 aliphatic rings. The van der Waals surface area contributed by atoms with E-state index in [1.54, 1.807) is 30.4 Å². The highest BCUT2D eigenvalue weighted by molar-refractivity contribution is 6.03. The van der Waals surface area contributed by atoms with Crippen molar-refractivity contribution in [3.05, 3.63) is 41.7 Å². The lowest BCUT2D eigenvalue weighted by Crippen LogP contribution is -2.30. The molecule has 0 aromatic heterocycles. The molecule has 1 aromatic carbocycles. The fourth-order valence-corrected chi connectivity index (χ4v) is 1.65. The van der Waals surface area contributed by atoms with Crippen molar-refractivity contribution in [1.29, 1.82) is 0 Å². The normalized spacial score (nSPS) is 20.2. The van der Waals surface area contributed by atoms with Crippen LogP contribution in [0.25, 0.3) is 6.08 Å². The van der Waals surface area contributed by atoms with Gasteiger partial charge in [0.25, 0.3) is 0 Å². The van der Waals surface area contributed by atoms with Gasteiger partial charge in [0.2, 0.25) is 5.91 Å². The molecule has 1 aromatic rings. The number of carbonyl (C=O) groups excluding carboxylic acids is 1.